The molecule has 4 nitrogen and oxygen atoms in total. The fraction of sp³-hybridized carbons (Fsp3) is 0.100. The Bertz CT molecular complexity index is 954. The molecule has 0 atom stereocenters. The Balaban J connectivity index is 1.60. The van der Waals surface area contributed by atoms with Crippen LogP contribution in [0.1, 0.15) is 21.5 Å². The Morgan fingerprint density at radius 1 is 0.964 bits per heavy atom. The Morgan fingerprint density at radius 2 is 1.68 bits per heavy atom. The van der Waals surface area contributed by atoms with Crippen molar-refractivity contribution < 1.29 is 22.4 Å². The van der Waals surface area contributed by atoms with E-state index in [0.717, 1.165) is 12.1 Å². The summed E-state index contributed by atoms with van der Waals surface area (Å²) in [6.07, 6.45) is -3.11. The van der Waals surface area contributed by atoms with Crippen LogP contribution in [0.15, 0.2) is 66.9 Å². The number of hydrogen-bond acceptors (Lipinski definition) is 3. The van der Waals surface area contributed by atoms with Gasteiger partial charge in [-0.3, -0.25) is 4.79 Å². The molecule has 1 amide bonds. The predicted octanol–water partition coefficient (Wildman–Crippen LogP) is 5.10. The van der Waals surface area contributed by atoms with E-state index in [1.54, 1.807) is 24.3 Å². The molecule has 144 valence electrons. The molecule has 0 aliphatic rings. The number of carbonyl (C=O) groups excluding carboxylic acids is 1. The van der Waals surface area contributed by atoms with Crippen LogP contribution in [-0.2, 0) is 12.7 Å². The number of benzene rings is 2. The summed E-state index contributed by atoms with van der Waals surface area (Å²) < 4.78 is 51.3. The lowest BCUT2D eigenvalue weighted by molar-refractivity contribution is -0.137. The Labute approximate surface area is 158 Å². The molecule has 0 aliphatic carbocycles. The van der Waals surface area contributed by atoms with Crippen LogP contribution < -0.4 is 10.6 Å². The van der Waals surface area contributed by atoms with E-state index in [0.29, 0.717) is 11.4 Å². The normalized spacial score (nSPS) is 11.1. The zero-order valence-corrected chi connectivity index (χ0v) is 14.4. The minimum absolute atomic E-state index is 0.233. The number of carbonyl (C=O) groups is 1. The van der Waals surface area contributed by atoms with Crippen molar-refractivity contribution in [2.24, 2.45) is 0 Å². The highest BCUT2D eigenvalue weighted by Crippen LogP contribution is 2.29. The van der Waals surface area contributed by atoms with Crippen molar-refractivity contribution in [3.8, 4) is 0 Å². The summed E-state index contributed by atoms with van der Waals surface area (Å²) in [5.74, 6) is -0.384. The van der Waals surface area contributed by atoms with Crippen LogP contribution in [0.5, 0.6) is 0 Å². The summed E-state index contributed by atoms with van der Waals surface area (Å²) in [5.41, 5.74) is 0.155. The van der Waals surface area contributed by atoms with Gasteiger partial charge in [-0.05, 0) is 42.5 Å². The lowest BCUT2D eigenvalue weighted by Crippen LogP contribution is -2.13. The van der Waals surface area contributed by atoms with Gasteiger partial charge in [-0.2, -0.15) is 13.2 Å². The van der Waals surface area contributed by atoms with Crippen LogP contribution in [0.2, 0.25) is 0 Å². The van der Waals surface area contributed by atoms with Crippen LogP contribution in [-0.4, -0.2) is 10.9 Å². The van der Waals surface area contributed by atoms with E-state index in [4.69, 9.17) is 0 Å². The van der Waals surface area contributed by atoms with Crippen molar-refractivity contribution in [3.63, 3.8) is 0 Å². The highest BCUT2D eigenvalue weighted by molar-refractivity contribution is 6.04. The molecule has 3 aromatic rings. The number of pyridine rings is 1. The second-order valence-electron chi connectivity index (χ2n) is 5.91. The third-order valence-corrected chi connectivity index (χ3v) is 3.91. The summed E-state index contributed by atoms with van der Waals surface area (Å²) in [6, 6.07) is 13.5. The van der Waals surface area contributed by atoms with E-state index in [9.17, 15) is 22.4 Å². The monoisotopic (exact) mass is 389 g/mol. The number of nitrogens with zero attached hydrogens (tertiary/aromatic N) is 1. The van der Waals surface area contributed by atoms with Crippen LogP contribution in [0.4, 0.5) is 29.1 Å². The number of hydrogen-bond donors (Lipinski definition) is 2. The number of halogens is 4. The smallest absolute Gasteiger partial charge is 0.366 e. The van der Waals surface area contributed by atoms with Crippen LogP contribution in [0, 0.1) is 5.82 Å². The third kappa shape index (κ3) is 4.85. The third-order valence-electron chi connectivity index (χ3n) is 3.91. The first kappa shape index (κ1) is 19.3. The number of anilines is 2. The van der Waals surface area contributed by atoms with E-state index < -0.39 is 17.6 Å². The van der Waals surface area contributed by atoms with Gasteiger partial charge in [0.25, 0.3) is 5.91 Å². The lowest BCUT2D eigenvalue weighted by Gasteiger charge is -2.09. The van der Waals surface area contributed by atoms with Gasteiger partial charge in [-0.15, -0.1) is 0 Å². The maximum atomic E-state index is 13.6. The molecule has 0 unspecified atom stereocenters. The highest BCUT2D eigenvalue weighted by Gasteiger charge is 2.30. The van der Waals surface area contributed by atoms with E-state index >= 15 is 0 Å². The van der Waals surface area contributed by atoms with Crippen LogP contribution in [0.3, 0.4) is 0 Å². The molecule has 8 heteroatoms. The summed E-state index contributed by atoms with van der Waals surface area (Å²) >= 11 is 0. The molecule has 0 saturated carbocycles. The number of rotatable bonds is 5. The largest absolute Gasteiger partial charge is 0.416 e. The van der Waals surface area contributed by atoms with Crippen molar-refractivity contribution in [1.29, 1.82) is 0 Å². The molecule has 3 rings (SSSR count). The first-order chi connectivity index (χ1) is 13.3. The minimum Gasteiger partial charge on any atom is -0.366 e. The van der Waals surface area contributed by atoms with Crippen molar-refractivity contribution in [3.05, 3.63) is 89.4 Å². The Kier molecular flexibility index (Phi) is 5.58. The van der Waals surface area contributed by atoms with Crippen molar-refractivity contribution in [2.75, 3.05) is 10.6 Å². The fourth-order valence-corrected chi connectivity index (χ4v) is 2.41. The van der Waals surface area contributed by atoms with E-state index in [1.807, 2.05) is 0 Å². The van der Waals surface area contributed by atoms with E-state index in [2.05, 4.69) is 15.6 Å². The minimum atomic E-state index is -4.43. The molecule has 0 fully saturated rings. The fourth-order valence-electron chi connectivity index (χ4n) is 2.41. The second-order valence-corrected chi connectivity index (χ2v) is 5.91. The lowest BCUT2D eigenvalue weighted by atomic mass is 10.2. The quantitative estimate of drug-likeness (QED) is 0.597. The summed E-state index contributed by atoms with van der Waals surface area (Å²) in [6.45, 7) is 0.233. The Morgan fingerprint density at radius 3 is 2.29 bits per heavy atom. The van der Waals surface area contributed by atoms with Gasteiger partial charge in [0.2, 0.25) is 0 Å². The van der Waals surface area contributed by atoms with E-state index in [1.165, 1.54) is 30.5 Å². The summed E-state index contributed by atoms with van der Waals surface area (Å²) in [4.78, 5) is 16.3. The topological polar surface area (TPSA) is 54.0 Å². The first-order valence-corrected chi connectivity index (χ1v) is 8.25. The van der Waals surface area contributed by atoms with Crippen molar-refractivity contribution >= 4 is 17.4 Å². The molecular weight excluding hydrogens is 374 g/mol. The molecule has 0 saturated heterocycles. The van der Waals surface area contributed by atoms with Gasteiger partial charge in [0.05, 0.1) is 11.1 Å². The van der Waals surface area contributed by atoms with Gasteiger partial charge in [0.1, 0.15) is 11.6 Å². The van der Waals surface area contributed by atoms with Gasteiger partial charge in [0.15, 0.2) is 0 Å². The number of alkyl halides is 3. The van der Waals surface area contributed by atoms with Crippen molar-refractivity contribution in [2.45, 2.75) is 12.7 Å². The standard InChI is InChI=1S/C20H15F4N3O/c21-17-4-2-1-3-13(17)11-25-18-10-5-14(12-26-18)19(28)27-16-8-6-15(7-9-16)20(22,23)24/h1-10,12H,11H2,(H,25,26)(H,27,28). The maximum absolute atomic E-state index is 13.6. The molecule has 0 aliphatic heterocycles. The summed E-state index contributed by atoms with van der Waals surface area (Å²) in [5, 5.41) is 5.45. The Hall–Kier alpha value is -3.42. The molecule has 0 bridgehead atoms. The molecule has 1 aromatic heterocycles. The molecule has 28 heavy (non-hydrogen) atoms. The van der Waals surface area contributed by atoms with E-state index in [-0.39, 0.29) is 23.6 Å². The molecular formula is C20H15F4N3O. The molecule has 0 spiro atoms. The number of nitrogens with one attached hydrogen (secondary N) is 2. The SMILES string of the molecule is O=C(Nc1ccc(C(F)(F)F)cc1)c1ccc(NCc2ccccc2F)nc1. The van der Waals surface area contributed by atoms with Gasteiger partial charge < -0.3 is 10.6 Å². The van der Waals surface area contributed by atoms with Gasteiger partial charge in [-0.25, -0.2) is 9.37 Å². The number of amides is 1. The number of aromatic nitrogens is 1. The molecule has 0 radical (unpaired) electrons. The van der Waals surface area contributed by atoms with Crippen molar-refractivity contribution in [1.82, 2.24) is 4.98 Å². The van der Waals surface area contributed by atoms with Gasteiger partial charge >= 0.3 is 6.18 Å². The molecule has 2 aromatic carbocycles. The van der Waals surface area contributed by atoms with Gasteiger partial charge in [-0.1, -0.05) is 18.2 Å². The molecule has 1 heterocycles. The van der Waals surface area contributed by atoms with Crippen LogP contribution >= 0.6 is 0 Å². The average Bonchev–Trinajstić information content (AvgIpc) is 2.67. The summed E-state index contributed by atoms with van der Waals surface area (Å²) in [7, 11) is 0. The maximum Gasteiger partial charge on any atom is 0.416 e. The zero-order chi connectivity index (χ0) is 20.1. The van der Waals surface area contributed by atoms with Gasteiger partial charge in [0, 0.05) is 24.0 Å². The highest BCUT2D eigenvalue weighted by atomic mass is 19.4. The zero-order valence-electron chi connectivity index (χ0n) is 14.4. The second kappa shape index (κ2) is 8.08. The first-order valence-electron chi connectivity index (χ1n) is 8.25. The molecule has 2 N–H and O–H groups in total. The average molecular weight is 389 g/mol. The van der Waals surface area contributed by atoms with Crippen LogP contribution in [0.25, 0.3) is 0 Å². The predicted molar refractivity (Wildman–Crippen MR) is 97.4 cm³/mol.